The van der Waals surface area contributed by atoms with Crippen LogP contribution in [-0.2, 0) is 11.0 Å². The minimum absolute atomic E-state index is 0.123. The molecule has 0 bridgehead atoms. The SMILES string of the molecule is Cc1cccc(OCC(=O)NC2CCN(C(=O)c3ccccc3C(F)(F)F)CC2)c1C. The molecule has 1 aliphatic heterocycles. The molecule has 8 heteroatoms. The topological polar surface area (TPSA) is 58.6 Å². The molecule has 0 unspecified atom stereocenters. The molecule has 1 heterocycles. The molecule has 3 rings (SSSR count). The van der Waals surface area contributed by atoms with Crippen LogP contribution in [0, 0.1) is 13.8 Å². The Kier molecular flexibility index (Phi) is 6.87. The van der Waals surface area contributed by atoms with Crippen LogP contribution in [-0.4, -0.2) is 42.5 Å². The van der Waals surface area contributed by atoms with Gasteiger partial charge < -0.3 is 15.0 Å². The van der Waals surface area contributed by atoms with Crippen molar-refractivity contribution >= 4 is 11.8 Å². The number of hydrogen-bond donors (Lipinski definition) is 1. The van der Waals surface area contributed by atoms with E-state index in [1.54, 1.807) is 6.07 Å². The average Bonchev–Trinajstić information content (AvgIpc) is 2.74. The Hall–Kier alpha value is -3.03. The largest absolute Gasteiger partial charge is 0.483 e. The van der Waals surface area contributed by atoms with Gasteiger partial charge in [-0.15, -0.1) is 0 Å². The molecule has 1 fully saturated rings. The quantitative estimate of drug-likeness (QED) is 0.770. The molecular weight excluding hydrogens is 409 g/mol. The monoisotopic (exact) mass is 434 g/mol. The number of hydrogen-bond acceptors (Lipinski definition) is 3. The second-order valence-electron chi connectivity index (χ2n) is 7.66. The second-order valence-corrected chi connectivity index (χ2v) is 7.66. The zero-order chi connectivity index (χ0) is 22.6. The first-order valence-electron chi connectivity index (χ1n) is 10.1. The smallest absolute Gasteiger partial charge is 0.417 e. The molecule has 0 spiro atoms. The van der Waals surface area contributed by atoms with E-state index in [0.29, 0.717) is 18.6 Å². The van der Waals surface area contributed by atoms with Crippen LogP contribution in [0.5, 0.6) is 5.75 Å². The summed E-state index contributed by atoms with van der Waals surface area (Å²) in [6, 6.07) is 10.3. The lowest BCUT2D eigenvalue weighted by Crippen LogP contribution is -2.47. The van der Waals surface area contributed by atoms with Crippen molar-refractivity contribution in [3.8, 4) is 5.75 Å². The highest BCUT2D eigenvalue weighted by Crippen LogP contribution is 2.32. The summed E-state index contributed by atoms with van der Waals surface area (Å²) in [5, 5.41) is 2.88. The number of carbonyl (C=O) groups is 2. The molecule has 0 radical (unpaired) electrons. The number of ether oxygens (including phenoxy) is 1. The summed E-state index contributed by atoms with van der Waals surface area (Å²) in [5.41, 5.74) is 0.765. The maximum atomic E-state index is 13.2. The van der Waals surface area contributed by atoms with E-state index in [0.717, 1.165) is 17.2 Å². The van der Waals surface area contributed by atoms with Gasteiger partial charge in [-0.3, -0.25) is 9.59 Å². The number of benzene rings is 2. The minimum Gasteiger partial charge on any atom is -0.483 e. The van der Waals surface area contributed by atoms with Crippen LogP contribution < -0.4 is 10.1 Å². The van der Waals surface area contributed by atoms with E-state index in [4.69, 9.17) is 4.74 Å². The predicted molar refractivity (Wildman–Crippen MR) is 110 cm³/mol. The molecule has 1 N–H and O–H groups in total. The first-order valence-corrected chi connectivity index (χ1v) is 10.1. The summed E-state index contributed by atoms with van der Waals surface area (Å²) < 4.78 is 45.2. The average molecular weight is 434 g/mol. The van der Waals surface area contributed by atoms with Crippen molar-refractivity contribution in [1.29, 1.82) is 0 Å². The number of amides is 2. The van der Waals surface area contributed by atoms with E-state index in [9.17, 15) is 22.8 Å². The molecule has 0 aliphatic carbocycles. The van der Waals surface area contributed by atoms with Gasteiger partial charge in [0.1, 0.15) is 5.75 Å². The van der Waals surface area contributed by atoms with E-state index in [-0.39, 0.29) is 37.2 Å². The molecule has 31 heavy (non-hydrogen) atoms. The molecule has 2 aromatic rings. The highest BCUT2D eigenvalue weighted by molar-refractivity contribution is 5.96. The Bertz CT molecular complexity index is 951. The van der Waals surface area contributed by atoms with Gasteiger partial charge in [0, 0.05) is 19.1 Å². The fourth-order valence-electron chi connectivity index (χ4n) is 3.61. The van der Waals surface area contributed by atoms with E-state index >= 15 is 0 Å². The Labute approximate surface area is 179 Å². The Morgan fingerprint density at radius 3 is 2.42 bits per heavy atom. The Morgan fingerprint density at radius 2 is 1.74 bits per heavy atom. The summed E-state index contributed by atoms with van der Waals surface area (Å²) in [6.45, 7) is 4.31. The van der Waals surface area contributed by atoms with Crippen LogP contribution in [0.15, 0.2) is 42.5 Å². The van der Waals surface area contributed by atoms with Crippen molar-refractivity contribution in [2.75, 3.05) is 19.7 Å². The fraction of sp³-hybridized carbons (Fsp3) is 0.391. The minimum atomic E-state index is -4.59. The molecule has 1 aliphatic rings. The van der Waals surface area contributed by atoms with Crippen LogP contribution in [0.1, 0.15) is 39.9 Å². The van der Waals surface area contributed by atoms with Crippen molar-refractivity contribution in [1.82, 2.24) is 10.2 Å². The molecule has 2 aromatic carbocycles. The molecule has 1 saturated heterocycles. The van der Waals surface area contributed by atoms with Crippen molar-refractivity contribution in [2.45, 2.75) is 38.9 Å². The van der Waals surface area contributed by atoms with Gasteiger partial charge in [0.05, 0.1) is 11.1 Å². The third-order valence-electron chi connectivity index (χ3n) is 5.52. The molecule has 5 nitrogen and oxygen atoms in total. The van der Waals surface area contributed by atoms with Crippen LogP contribution in [0.4, 0.5) is 13.2 Å². The lowest BCUT2D eigenvalue weighted by Gasteiger charge is -2.33. The highest BCUT2D eigenvalue weighted by atomic mass is 19.4. The lowest BCUT2D eigenvalue weighted by molar-refractivity contribution is -0.138. The zero-order valence-electron chi connectivity index (χ0n) is 17.5. The van der Waals surface area contributed by atoms with E-state index in [1.165, 1.54) is 23.1 Å². The summed E-state index contributed by atoms with van der Waals surface area (Å²) in [7, 11) is 0. The summed E-state index contributed by atoms with van der Waals surface area (Å²) in [4.78, 5) is 26.3. The van der Waals surface area contributed by atoms with Crippen molar-refractivity contribution in [3.05, 3.63) is 64.7 Å². The number of carbonyl (C=O) groups excluding carboxylic acids is 2. The molecule has 0 saturated carbocycles. The number of aryl methyl sites for hydroxylation is 1. The van der Waals surface area contributed by atoms with Crippen LogP contribution in [0.3, 0.4) is 0 Å². The summed E-state index contributed by atoms with van der Waals surface area (Å²) in [5.74, 6) is -0.261. The molecular formula is C23H25F3N2O3. The molecule has 0 atom stereocenters. The number of halogens is 3. The van der Waals surface area contributed by atoms with Gasteiger partial charge >= 0.3 is 6.18 Å². The van der Waals surface area contributed by atoms with Crippen LogP contribution in [0.2, 0.25) is 0 Å². The number of likely N-dealkylation sites (tertiary alicyclic amines) is 1. The number of nitrogens with zero attached hydrogens (tertiary/aromatic N) is 1. The van der Waals surface area contributed by atoms with Gasteiger partial charge in [0.25, 0.3) is 11.8 Å². The highest BCUT2D eigenvalue weighted by Gasteiger charge is 2.36. The number of rotatable bonds is 5. The van der Waals surface area contributed by atoms with E-state index in [1.807, 2.05) is 26.0 Å². The number of piperidine rings is 1. The fourth-order valence-corrected chi connectivity index (χ4v) is 3.61. The van der Waals surface area contributed by atoms with Gasteiger partial charge in [0.15, 0.2) is 6.61 Å². The summed E-state index contributed by atoms with van der Waals surface area (Å²) >= 11 is 0. The van der Waals surface area contributed by atoms with Crippen molar-refractivity contribution < 1.29 is 27.5 Å². The van der Waals surface area contributed by atoms with E-state index in [2.05, 4.69) is 5.32 Å². The predicted octanol–water partition coefficient (Wildman–Crippen LogP) is 4.12. The molecule has 166 valence electrons. The summed E-state index contributed by atoms with van der Waals surface area (Å²) in [6.07, 6.45) is -3.65. The lowest BCUT2D eigenvalue weighted by atomic mass is 10.0. The standard InChI is InChI=1S/C23H25F3N2O3/c1-15-6-5-9-20(16(15)2)31-14-21(29)27-17-10-12-28(13-11-17)22(30)18-7-3-4-8-19(18)23(24,25)26/h3-9,17H,10-14H2,1-2H3,(H,27,29). The van der Waals surface area contributed by atoms with Crippen molar-refractivity contribution in [3.63, 3.8) is 0 Å². The van der Waals surface area contributed by atoms with Gasteiger partial charge in [-0.2, -0.15) is 13.2 Å². The third kappa shape index (κ3) is 5.57. The van der Waals surface area contributed by atoms with Crippen LogP contribution in [0.25, 0.3) is 0 Å². The van der Waals surface area contributed by atoms with Crippen LogP contribution >= 0.6 is 0 Å². The van der Waals surface area contributed by atoms with E-state index < -0.39 is 17.6 Å². The first-order chi connectivity index (χ1) is 14.7. The molecule has 2 amide bonds. The molecule has 0 aromatic heterocycles. The van der Waals surface area contributed by atoms with Gasteiger partial charge in [-0.25, -0.2) is 0 Å². The maximum Gasteiger partial charge on any atom is 0.417 e. The maximum absolute atomic E-state index is 13.2. The normalized spacial score (nSPS) is 14.9. The zero-order valence-corrected chi connectivity index (χ0v) is 17.5. The van der Waals surface area contributed by atoms with Gasteiger partial charge in [-0.1, -0.05) is 24.3 Å². The van der Waals surface area contributed by atoms with Gasteiger partial charge in [0.2, 0.25) is 0 Å². The first kappa shape index (κ1) is 22.7. The third-order valence-corrected chi connectivity index (χ3v) is 5.52. The second kappa shape index (κ2) is 9.41. The van der Waals surface area contributed by atoms with Crippen molar-refractivity contribution in [2.24, 2.45) is 0 Å². The van der Waals surface area contributed by atoms with Gasteiger partial charge in [-0.05, 0) is 56.0 Å². The Morgan fingerprint density at radius 1 is 1.06 bits per heavy atom. The number of nitrogens with one attached hydrogen (secondary N) is 1. The number of alkyl halides is 3. The Balaban J connectivity index is 1.51.